The van der Waals surface area contributed by atoms with Crippen LogP contribution in [0.4, 0.5) is 0 Å². The van der Waals surface area contributed by atoms with E-state index in [9.17, 15) is 4.79 Å². The third-order valence-corrected chi connectivity index (χ3v) is 0.457. The molecule has 8 heavy (non-hydrogen) atoms. The highest BCUT2D eigenvalue weighted by molar-refractivity contribution is 6.42. The topological polar surface area (TPSA) is 69.6 Å². The Morgan fingerprint density at radius 3 is 2.38 bits per heavy atom. The SMILES string of the molecule is C=CC(=O)NB(O)O. The van der Waals surface area contributed by atoms with Crippen LogP contribution in [0.1, 0.15) is 0 Å². The van der Waals surface area contributed by atoms with E-state index < -0.39 is 13.2 Å². The molecule has 0 aromatic rings. The molecule has 0 unspecified atom stereocenters. The zero-order valence-corrected chi connectivity index (χ0v) is 4.16. The lowest BCUT2D eigenvalue weighted by molar-refractivity contribution is -0.115. The molecule has 1 amide bonds. The average molecular weight is 115 g/mol. The van der Waals surface area contributed by atoms with Gasteiger partial charge in [-0.2, -0.15) is 0 Å². The summed E-state index contributed by atoms with van der Waals surface area (Å²) in [5.74, 6) is -0.611. The van der Waals surface area contributed by atoms with Gasteiger partial charge in [-0.3, -0.25) is 4.79 Å². The molecule has 3 N–H and O–H groups in total. The maximum Gasteiger partial charge on any atom is 0.587 e. The van der Waals surface area contributed by atoms with Crippen molar-refractivity contribution in [1.82, 2.24) is 5.23 Å². The van der Waals surface area contributed by atoms with Gasteiger partial charge in [0.25, 0.3) is 0 Å². The molecular formula is C3H6BNO3. The van der Waals surface area contributed by atoms with Gasteiger partial charge in [-0.1, -0.05) is 6.58 Å². The van der Waals surface area contributed by atoms with Gasteiger partial charge in [-0.25, -0.2) is 0 Å². The molecule has 0 aromatic carbocycles. The van der Waals surface area contributed by atoms with Crippen LogP contribution in [0.25, 0.3) is 0 Å². The van der Waals surface area contributed by atoms with Crippen LogP contribution in [-0.2, 0) is 4.79 Å². The number of carbonyl (C=O) groups is 1. The van der Waals surface area contributed by atoms with E-state index in [4.69, 9.17) is 10.0 Å². The van der Waals surface area contributed by atoms with Crippen molar-refractivity contribution < 1.29 is 14.8 Å². The van der Waals surface area contributed by atoms with Crippen molar-refractivity contribution in [1.29, 1.82) is 0 Å². The van der Waals surface area contributed by atoms with Gasteiger partial charge in [-0.15, -0.1) is 0 Å². The highest BCUT2D eigenvalue weighted by Crippen LogP contribution is 1.64. The average Bonchev–Trinajstić information content (AvgIpc) is 1.65. The van der Waals surface area contributed by atoms with Crippen LogP contribution in [0.3, 0.4) is 0 Å². The minimum atomic E-state index is -1.79. The number of amides is 1. The minimum Gasteiger partial charge on any atom is -0.408 e. The lowest BCUT2D eigenvalue weighted by Gasteiger charge is -1.94. The van der Waals surface area contributed by atoms with Crippen LogP contribution in [0.5, 0.6) is 0 Å². The van der Waals surface area contributed by atoms with Crippen LogP contribution >= 0.6 is 0 Å². The van der Waals surface area contributed by atoms with Crippen LogP contribution in [0.2, 0.25) is 0 Å². The highest BCUT2D eigenvalue weighted by atomic mass is 16.4. The number of carbonyl (C=O) groups excluding carboxylic acids is 1. The number of nitrogens with one attached hydrogen (secondary N) is 1. The molecule has 44 valence electrons. The number of hydrogen-bond donors (Lipinski definition) is 3. The predicted octanol–water partition coefficient (Wildman–Crippen LogP) is -1.74. The molecule has 0 saturated heterocycles. The Morgan fingerprint density at radius 1 is 1.75 bits per heavy atom. The molecule has 0 atom stereocenters. The molecule has 0 bridgehead atoms. The molecule has 0 radical (unpaired) electrons. The Labute approximate surface area is 47.0 Å². The smallest absolute Gasteiger partial charge is 0.408 e. The minimum absolute atomic E-state index is 0.611. The van der Waals surface area contributed by atoms with Crippen molar-refractivity contribution in [2.24, 2.45) is 0 Å². The summed E-state index contributed by atoms with van der Waals surface area (Å²) in [6, 6.07) is 0. The van der Waals surface area contributed by atoms with E-state index in [1.807, 2.05) is 0 Å². The van der Waals surface area contributed by atoms with E-state index >= 15 is 0 Å². The third kappa shape index (κ3) is 3.39. The van der Waals surface area contributed by atoms with E-state index in [-0.39, 0.29) is 0 Å². The van der Waals surface area contributed by atoms with Crippen LogP contribution in [0, 0.1) is 0 Å². The zero-order valence-electron chi connectivity index (χ0n) is 4.16. The molecule has 0 spiro atoms. The van der Waals surface area contributed by atoms with Crippen LogP contribution < -0.4 is 5.23 Å². The maximum absolute atomic E-state index is 10.1. The molecular weight excluding hydrogens is 109 g/mol. The molecule has 5 heteroatoms. The fraction of sp³-hybridized carbons (Fsp3) is 0. The summed E-state index contributed by atoms with van der Waals surface area (Å²) in [4.78, 5) is 10.1. The van der Waals surface area contributed by atoms with E-state index in [0.717, 1.165) is 6.08 Å². The first-order valence-corrected chi connectivity index (χ1v) is 1.96. The second-order valence-corrected chi connectivity index (χ2v) is 1.09. The maximum atomic E-state index is 10.1. The molecule has 0 aromatic heterocycles. The van der Waals surface area contributed by atoms with Crippen molar-refractivity contribution in [2.75, 3.05) is 0 Å². The first-order valence-electron chi connectivity index (χ1n) is 1.96. The Bertz CT molecular complexity index is 103. The molecule has 0 aliphatic rings. The highest BCUT2D eigenvalue weighted by Gasteiger charge is 2.07. The quantitative estimate of drug-likeness (QED) is 0.295. The molecule has 0 saturated carbocycles. The molecule has 0 aliphatic heterocycles. The van der Waals surface area contributed by atoms with Gasteiger partial charge in [0.15, 0.2) is 0 Å². The van der Waals surface area contributed by atoms with Gasteiger partial charge < -0.3 is 15.3 Å². The monoisotopic (exact) mass is 115 g/mol. The second kappa shape index (κ2) is 3.23. The molecule has 0 heterocycles. The lowest BCUT2D eigenvalue weighted by atomic mass is 10.1. The van der Waals surface area contributed by atoms with Crippen molar-refractivity contribution in [3.05, 3.63) is 12.7 Å². The molecule has 4 nitrogen and oxygen atoms in total. The fourth-order valence-corrected chi connectivity index (χ4v) is 0.186. The summed E-state index contributed by atoms with van der Waals surface area (Å²) in [5, 5.41) is 17.8. The first-order chi connectivity index (χ1) is 3.66. The van der Waals surface area contributed by atoms with Crippen LogP contribution in [-0.4, -0.2) is 23.2 Å². The van der Waals surface area contributed by atoms with Crippen LogP contribution in [0.15, 0.2) is 12.7 Å². The van der Waals surface area contributed by atoms with Gasteiger partial charge in [0.1, 0.15) is 0 Å². The Hall–Kier alpha value is -0.805. The molecule has 0 aliphatic carbocycles. The summed E-state index contributed by atoms with van der Waals surface area (Å²) >= 11 is 0. The van der Waals surface area contributed by atoms with Crippen molar-refractivity contribution in [3.63, 3.8) is 0 Å². The second-order valence-electron chi connectivity index (χ2n) is 1.09. The number of hydrogen-bond acceptors (Lipinski definition) is 3. The van der Waals surface area contributed by atoms with Crippen molar-refractivity contribution in [2.45, 2.75) is 0 Å². The van der Waals surface area contributed by atoms with E-state index in [2.05, 4.69) is 6.58 Å². The normalized spacial score (nSPS) is 7.75. The Morgan fingerprint density at radius 2 is 2.25 bits per heavy atom. The molecule has 0 fully saturated rings. The summed E-state index contributed by atoms with van der Waals surface area (Å²) in [5.41, 5.74) is 0. The van der Waals surface area contributed by atoms with Gasteiger partial charge in [-0.05, 0) is 6.08 Å². The van der Waals surface area contributed by atoms with Crippen molar-refractivity contribution >= 4 is 13.2 Å². The molecule has 0 rings (SSSR count). The predicted molar refractivity (Wildman–Crippen MR) is 28.5 cm³/mol. The summed E-state index contributed by atoms with van der Waals surface area (Å²) < 4.78 is 0. The number of rotatable bonds is 2. The van der Waals surface area contributed by atoms with Gasteiger partial charge >= 0.3 is 7.25 Å². The Kier molecular flexibility index (Phi) is 2.90. The van der Waals surface area contributed by atoms with Gasteiger partial charge in [0.05, 0.1) is 0 Å². The van der Waals surface area contributed by atoms with E-state index in [1.54, 1.807) is 5.23 Å². The summed E-state index contributed by atoms with van der Waals surface area (Å²) in [6.07, 6.45) is 0.944. The zero-order chi connectivity index (χ0) is 6.57. The van der Waals surface area contributed by atoms with E-state index in [1.165, 1.54) is 0 Å². The van der Waals surface area contributed by atoms with Crippen molar-refractivity contribution in [3.8, 4) is 0 Å². The lowest BCUT2D eigenvalue weighted by Crippen LogP contribution is -2.37. The Balaban J connectivity index is 3.39. The van der Waals surface area contributed by atoms with Gasteiger partial charge in [0, 0.05) is 0 Å². The standard InChI is InChI=1S/C3H6BNO3/c1-2-3(6)5-4(7)8/h2,7-8H,1H2,(H,5,6). The first kappa shape index (κ1) is 7.19. The van der Waals surface area contributed by atoms with E-state index in [0.29, 0.717) is 0 Å². The summed E-state index contributed by atoms with van der Waals surface area (Å²) in [7, 11) is -1.79. The third-order valence-electron chi connectivity index (χ3n) is 0.457. The van der Waals surface area contributed by atoms with Gasteiger partial charge in [0.2, 0.25) is 5.91 Å². The summed E-state index contributed by atoms with van der Waals surface area (Å²) in [6.45, 7) is 3.08. The fourth-order valence-electron chi connectivity index (χ4n) is 0.186. The largest absolute Gasteiger partial charge is 0.587 e.